The Labute approximate surface area is 385 Å². The molecule has 344 valence electrons. The zero-order chi connectivity index (χ0) is 45.3. The second kappa shape index (κ2) is 21.5. The van der Waals surface area contributed by atoms with Crippen LogP contribution >= 0.6 is 11.6 Å². The second-order valence-electron chi connectivity index (χ2n) is 18.0. The van der Waals surface area contributed by atoms with Crippen LogP contribution in [-0.4, -0.2) is 80.2 Å². The molecule has 5 N–H and O–H groups in total. The van der Waals surface area contributed by atoms with Crippen molar-refractivity contribution in [1.82, 2.24) is 40.7 Å². The number of amides is 5. The SMILES string of the molecule is Cn1ccc(-c2nc(N[C@H]3CC[C@H](NC(=O)CCCCCCNCC(=O)NCc4ccc(COc5cccc6c5CN(C5CCC(=O)NC5=O)C6=O)cc4)CC3)ncc2Cl)c1CC1CC1. The lowest BCUT2D eigenvalue weighted by molar-refractivity contribution is -0.137. The molecule has 4 aromatic rings. The van der Waals surface area contributed by atoms with Crippen molar-refractivity contribution < 1.29 is 28.7 Å². The number of aromatic nitrogens is 3. The molecule has 65 heavy (non-hydrogen) atoms. The van der Waals surface area contributed by atoms with E-state index in [1.54, 1.807) is 18.3 Å². The molecule has 2 aromatic carbocycles. The fourth-order valence-corrected chi connectivity index (χ4v) is 9.27. The van der Waals surface area contributed by atoms with Crippen molar-refractivity contribution >= 4 is 47.1 Å². The van der Waals surface area contributed by atoms with E-state index in [4.69, 9.17) is 21.3 Å². The predicted molar refractivity (Wildman–Crippen MR) is 247 cm³/mol. The summed E-state index contributed by atoms with van der Waals surface area (Å²) in [5.41, 5.74) is 6.26. The highest BCUT2D eigenvalue weighted by atomic mass is 35.5. The summed E-state index contributed by atoms with van der Waals surface area (Å²) in [6, 6.07) is 14.9. The standard InChI is InChI=1S/C49H60ClN9O6/c1-58-24-22-37(41(58)25-31-10-11-31)46-39(50)27-53-49(57-46)55-35-18-16-34(17-19-35)54-43(60)9-4-2-3-5-23-51-28-45(62)52-26-32-12-14-33(15-13-32)30-65-42-8-6-7-36-38(42)29-59(48(36)64)40-20-21-44(61)56-47(40)63/h6-8,12-15,22,24,27,31,34-35,40,51H,2-5,9-11,16-21,23,25-26,28-30H2,1H3,(H,52,62)(H,54,60)(H,53,55,57)(H,56,61,63)/t34-,35-,40?. The van der Waals surface area contributed by atoms with E-state index in [0.29, 0.717) is 41.7 Å². The molecule has 2 aromatic heterocycles. The summed E-state index contributed by atoms with van der Waals surface area (Å²) in [6.45, 7) is 1.90. The highest BCUT2D eigenvalue weighted by Gasteiger charge is 2.40. The summed E-state index contributed by atoms with van der Waals surface area (Å²) in [5.74, 6) is 0.968. The van der Waals surface area contributed by atoms with Gasteiger partial charge < -0.3 is 35.5 Å². The average Bonchev–Trinajstić information content (AvgIpc) is 3.97. The minimum absolute atomic E-state index is 0.0780. The Morgan fingerprint density at radius 2 is 1.65 bits per heavy atom. The second-order valence-corrected chi connectivity index (χ2v) is 18.4. The lowest BCUT2D eigenvalue weighted by Crippen LogP contribution is -2.52. The van der Waals surface area contributed by atoms with E-state index >= 15 is 0 Å². The minimum atomic E-state index is -0.682. The highest BCUT2D eigenvalue weighted by molar-refractivity contribution is 6.33. The molecule has 2 aliphatic carbocycles. The number of fused-ring (bicyclic) bond motifs is 1. The van der Waals surface area contributed by atoms with Gasteiger partial charge in [-0.1, -0.05) is 54.8 Å². The van der Waals surface area contributed by atoms with Crippen molar-refractivity contribution in [3.8, 4) is 17.0 Å². The normalized spacial score (nSPS) is 19.4. The van der Waals surface area contributed by atoms with Gasteiger partial charge in [0.1, 0.15) is 18.4 Å². The fraction of sp³-hybridized carbons (Fsp3) is 0.490. The topological polar surface area (TPSA) is 189 Å². The van der Waals surface area contributed by atoms with Gasteiger partial charge >= 0.3 is 0 Å². The average molecular weight is 907 g/mol. The number of unbranched alkanes of at least 4 members (excludes halogenated alkanes) is 3. The molecule has 0 spiro atoms. The molecule has 2 aliphatic heterocycles. The van der Waals surface area contributed by atoms with Crippen LogP contribution in [0.4, 0.5) is 5.95 Å². The third kappa shape index (κ3) is 12.1. The highest BCUT2D eigenvalue weighted by Crippen LogP contribution is 2.38. The molecule has 4 heterocycles. The monoisotopic (exact) mass is 905 g/mol. The number of hydrogen-bond donors (Lipinski definition) is 5. The van der Waals surface area contributed by atoms with Crippen LogP contribution in [0.25, 0.3) is 11.3 Å². The van der Waals surface area contributed by atoms with Gasteiger partial charge in [-0.05, 0) is 106 Å². The van der Waals surface area contributed by atoms with Crippen LogP contribution in [-0.2, 0) is 52.3 Å². The largest absolute Gasteiger partial charge is 0.489 e. The Morgan fingerprint density at radius 1 is 0.877 bits per heavy atom. The number of imide groups is 1. The van der Waals surface area contributed by atoms with Gasteiger partial charge in [-0.2, -0.15) is 0 Å². The van der Waals surface area contributed by atoms with Gasteiger partial charge in [-0.3, -0.25) is 29.3 Å². The van der Waals surface area contributed by atoms with Crippen LogP contribution in [0.3, 0.4) is 0 Å². The first kappa shape index (κ1) is 45.8. The van der Waals surface area contributed by atoms with Crippen molar-refractivity contribution in [3.63, 3.8) is 0 Å². The third-order valence-corrected chi connectivity index (χ3v) is 13.3. The van der Waals surface area contributed by atoms with Gasteiger partial charge in [-0.15, -0.1) is 0 Å². The molecule has 4 aliphatic rings. The molecule has 1 unspecified atom stereocenters. The summed E-state index contributed by atoms with van der Waals surface area (Å²) in [5, 5.41) is 15.8. The number of hydrogen-bond acceptors (Lipinski definition) is 10. The van der Waals surface area contributed by atoms with Crippen LogP contribution in [0.15, 0.2) is 60.9 Å². The summed E-state index contributed by atoms with van der Waals surface area (Å²) in [4.78, 5) is 73.2. The van der Waals surface area contributed by atoms with Crippen LogP contribution < -0.4 is 31.3 Å². The number of rotatable bonds is 21. The van der Waals surface area contributed by atoms with Gasteiger partial charge in [0.2, 0.25) is 29.6 Å². The van der Waals surface area contributed by atoms with Gasteiger partial charge in [0.05, 0.1) is 30.0 Å². The summed E-state index contributed by atoms with van der Waals surface area (Å²) < 4.78 is 8.31. The first-order valence-electron chi connectivity index (χ1n) is 23.3. The van der Waals surface area contributed by atoms with Gasteiger partial charge in [0, 0.05) is 67.1 Å². The number of halogens is 1. The molecule has 1 saturated heterocycles. The number of anilines is 1. The Kier molecular flexibility index (Phi) is 15.1. The number of benzene rings is 2. The maximum absolute atomic E-state index is 13.1. The fourth-order valence-electron chi connectivity index (χ4n) is 9.08. The molecule has 1 atom stereocenters. The van der Waals surface area contributed by atoms with Crippen molar-refractivity contribution in [2.75, 3.05) is 18.4 Å². The van der Waals surface area contributed by atoms with Crippen LogP contribution in [0.1, 0.15) is 116 Å². The molecule has 16 heteroatoms. The van der Waals surface area contributed by atoms with E-state index in [9.17, 15) is 24.0 Å². The molecule has 8 rings (SSSR count). The Bertz CT molecular complexity index is 2360. The summed E-state index contributed by atoms with van der Waals surface area (Å²) in [6.07, 6.45) is 15.8. The molecule has 5 amide bonds. The lowest BCUT2D eigenvalue weighted by atomic mass is 9.91. The van der Waals surface area contributed by atoms with E-state index in [1.165, 1.54) is 23.4 Å². The van der Waals surface area contributed by atoms with Crippen molar-refractivity contribution in [2.45, 2.75) is 128 Å². The van der Waals surface area contributed by atoms with E-state index in [-0.39, 0.29) is 61.8 Å². The number of ether oxygens (including phenoxy) is 1. The van der Waals surface area contributed by atoms with Crippen LogP contribution in [0.2, 0.25) is 5.02 Å². The molecule has 15 nitrogen and oxygen atoms in total. The zero-order valence-corrected chi connectivity index (χ0v) is 37.9. The lowest BCUT2D eigenvalue weighted by Gasteiger charge is -2.29. The molecular formula is C49H60ClN9O6. The number of nitrogens with one attached hydrogen (secondary N) is 5. The van der Waals surface area contributed by atoms with E-state index < -0.39 is 11.9 Å². The minimum Gasteiger partial charge on any atom is -0.489 e. The first-order chi connectivity index (χ1) is 31.6. The van der Waals surface area contributed by atoms with E-state index in [2.05, 4.69) is 55.4 Å². The molecule has 0 bridgehead atoms. The molecular weight excluding hydrogens is 846 g/mol. The summed E-state index contributed by atoms with van der Waals surface area (Å²) >= 11 is 6.60. The maximum atomic E-state index is 13.1. The zero-order valence-electron chi connectivity index (χ0n) is 37.1. The number of piperidine rings is 1. The van der Waals surface area contributed by atoms with E-state index in [1.807, 2.05) is 30.3 Å². The Balaban J connectivity index is 0.649. The third-order valence-electron chi connectivity index (χ3n) is 13.0. The molecule has 3 fully saturated rings. The van der Waals surface area contributed by atoms with Gasteiger partial charge in [0.25, 0.3) is 5.91 Å². The van der Waals surface area contributed by atoms with Gasteiger partial charge in [-0.25, -0.2) is 9.97 Å². The quantitative estimate of drug-likeness (QED) is 0.0481. The first-order valence-corrected chi connectivity index (χ1v) is 23.6. The van der Waals surface area contributed by atoms with Crippen molar-refractivity contribution in [2.24, 2.45) is 13.0 Å². The Hall–Kier alpha value is -5.80. The smallest absolute Gasteiger partial charge is 0.255 e. The van der Waals surface area contributed by atoms with Crippen molar-refractivity contribution in [1.29, 1.82) is 0 Å². The van der Waals surface area contributed by atoms with E-state index in [0.717, 1.165) is 98.2 Å². The number of carbonyl (C=O) groups excluding carboxylic acids is 5. The Morgan fingerprint density at radius 3 is 2.43 bits per heavy atom. The summed E-state index contributed by atoms with van der Waals surface area (Å²) in [7, 11) is 2.08. The van der Waals surface area contributed by atoms with Crippen LogP contribution in [0.5, 0.6) is 5.75 Å². The van der Waals surface area contributed by atoms with Crippen molar-refractivity contribution in [3.05, 3.63) is 93.9 Å². The molecule has 2 saturated carbocycles. The number of nitrogens with zero attached hydrogens (tertiary/aromatic N) is 4. The number of aryl methyl sites for hydroxylation is 1. The maximum Gasteiger partial charge on any atom is 0.255 e. The molecule has 0 radical (unpaired) electrons. The predicted octanol–water partition coefficient (Wildman–Crippen LogP) is 6.12. The van der Waals surface area contributed by atoms with Crippen LogP contribution in [0, 0.1) is 5.92 Å². The number of carbonyl (C=O) groups is 5. The van der Waals surface area contributed by atoms with Gasteiger partial charge in [0.15, 0.2) is 0 Å².